The van der Waals surface area contributed by atoms with Crippen molar-refractivity contribution in [2.45, 2.75) is 15.2 Å². The molecule has 2 aliphatic rings. The van der Waals surface area contributed by atoms with Crippen molar-refractivity contribution in [3.8, 4) is 5.75 Å². The number of rotatable bonds is 7. The zero-order valence-electron chi connectivity index (χ0n) is 15.3. The fourth-order valence-corrected chi connectivity index (χ4v) is 5.11. The molecule has 0 spiro atoms. The van der Waals surface area contributed by atoms with E-state index < -0.39 is 39.6 Å². The lowest BCUT2D eigenvalue weighted by molar-refractivity contribution is -0.153. The number of nitrogens with one attached hydrogen (secondary N) is 1. The van der Waals surface area contributed by atoms with Gasteiger partial charge in [0.25, 0.3) is 11.8 Å². The second-order valence-electron chi connectivity index (χ2n) is 6.33. The van der Waals surface area contributed by atoms with Gasteiger partial charge in [0.1, 0.15) is 29.5 Å². The summed E-state index contributed by atoms with van der Waals surface area (Å²) in [6.45, 7) is -0.682. The third kappa shape index (κ3) is 5.56. The number of amides is 2. The number of fused-ring (bicyclic) bond motifs is 1. The van der Waals surface area contributed by atoms with Gasteiger partial charge >= 0.3 is 5.97 Å². The molecule has 1 aromatic rings. The van der Waals surface area contributed by atoms with E-state index >= 15 is 0 Å². The summed E-state index contributed by atoms with van der Waals surface area (Å²) in [7, 11) is 0. The normalized spacial score (nSPS) is 20.9. The van der Waals surface area contributed by atoms with Crippen LogP contribution in [-0.4, -0.2) is 62.2 Å². The van der Waals surface area contributed by atoms with Crippen LogP contribution in [-0.2, 0) is 19.1 Å². The standard InChI is InChI=1S/C18H16BrCl3N2O5S/c19-6-10-8-30-16-13(23-12(25)7-28-11-4-2-1-3-5-11)15(26)24(16)14(10)17(27)29-9-18(20,21)22/h1-5,13,16H,6-9H2,(H,23,25)/t13-,16+/m1/s1. The topological polar surface area (TPSA) is 84.9 Å². The molecule has 3 rings (SSSR count). The molecule has 2 aliphatic heterocycles. The van der Waals surface area contributed by atoms with Gasteiger partial charge in [-0.25, -0.2) is 4.79 Å². The van der Waals surface area contributed by atoms with Gasteiger partial charge in [0.05, 0.1) is 0 Å². The number of hydrogen-bond acceptors (Lipinski definition) is 6. The van der Waals surface area contributed by atoms with E-state index in [0.717, 1.165) is 0 Å². The smallest absolute Gasteiger partial charge is 0.355 e. The maximum Gasteiger partial charge on any atom is 0.355 e. The lowest BCUT2D eigenvalue weighted by atomic mass is 10.0. The fourth-order valence-electron chi connectivity index (χ4n) is 2.87. The Balaban J connectivity index is 1.62. The van der Waals surface area contributed by atoms with Gasteiger partial charge in [0.2, 0.25) is 3.79 Å². The van der Waals surface area contributed by atoms with Gasteiger partial charge in [-0.1, -0.05) is 68.9 Å². The summed E-state index contributed by atoms with van der Waals surface area (Å²) in [6.07, 6.45) is 0. The van der Waals surface area contributed by atoms with E-state index in [0.29, 0.717) is 22.4 Å². The van der Waals surface area contributed by atoms with Crippen molar-refractivity contribution in [1.82, 2.24) is 10.2 Å². The van der Waals surface area contributed by atoms with Gasteiger partial charge in [0, 0.05) is 11.1 Å². The minimum Gasteiger partial charge on any atom is -0.484 e. The zero-order valence-corrected chi connectivity index (χ0v) is 19.9. The van der Waals surface area contributed by atoms with Crippen LogP contribution in [0, 0.1) is 0 Å². The number of esters is 1. The summed E-state index contributed by atoms with van der Waals surface area (Å²) in [4.78, 5) is 38.8. The van der Waals surface area contributed by atoms with Crippen LogP contribution in [0.3, 0.4) is 0 Å². The molecule has 2 heterocycles. The second-order valence-corrected chi connectivity index (χ2v) is 10.5. The molecule has 0 radical (unpaired) electrons. The Labute approximate surface area is 200 Å². The Kier molecular flexibility index (Phi) is 7.84. The van der Waals surface area contributed by atoms with Crippen molar-refractivity contribution in [3.63, 3.8) is 0 Å². The van der Waals surface area contributed by atoms with E-state index in [1.807, 2.05) is 6.07 Å². The van der Waals surface area contributed by atoms with Crippen LogP contribution in [0.25, 0.3) is 0 Å². The Bertz CT molecular complexity index is 865. The summed E-state index contributed by atoms with van der Waals surface area (Å²) in [5.41, 5.74) is 0.789. The second kappa shape index (κ2) is 9.99. The van der Waals surface area contributed by atoms with Gasteiger partial charge in [-0.3, -0.25) is 14.5 Å². The summed E-state index contributed by atoms with van der Waals surface area (Å²) >= 11 is 21.7. The van der Waals surface area contributed by atoms with Crippen LogP contribution in [0.1, 0.15) is 0 Å². The quantitative estimate of drug-likeness (QED) is 0.315. The molecule has 1 N–H and O–H groups in total. The van der Waals surface area contributed by atoms with E-state index in [2.05, 4.69) is 21.2 Å². The van der Waals surface area contributed by atoms with Crippen LogP contribution in [0.15, 0.2) is 41.6 Å². The number of halogens is 4. The first-order chi connectivity index (χ1) is 14.2. The molecule has 162 valence electrons. The predicted octanol–water partition coefficient (Wildman–Crippen LogP) is 3.03. The number of benzene rings is 1. The molecule has 0 saturated carbocycles. The number of β-lactam (4-membered cyclic amide) rings is 1. The van der Waals surface area contributed by atoms with E-state index in [4.69, 9.17) is 44.3 Å². The lowest BCUT2D eigenvalue weighted by Crippen LogP contribution is -2.71. The number of ether oxygens (including phenoxy) is 2. The molecule has 12 heteroatoms. The van der Waals surface area contributed by atoms with Crippen LogP contribution >= 0.6 is 62.5 Å². The van der Waals surface area contributed by atoms with E-state index in [9.17, 15) is 14.4 Å². The van der Waals surface area contributed by atoms with E-state index in [1.54, 1.807) is 24.3 Å². The maximum absolute atomic E-state index is 12.7. The minimum absolute atomic E-state index is 0.112. The molecule has 0 aliphatic carbocycles. The van der Waals surface area contributed by atoms with Gasteiger partial charge in [0.15, 0.2) is 6.61 Å². The van der Waals surface area contributed by atoms with Gasteiger partial charge in [-0.05, 0) is 17.7 Å². The van der Waals surface area contributed by atoms with Crippen molar-refractivity contribution < 1.29 is 23.9 Å². The molecule has 1 fully saturated rings. The van der Waals surface area contributed by atoms with Crippen LogP contribution in [0.4, 0.5) is 0 Å². The molecule has 0 bridgehead atoms. The van der Waals surface area contributed by atoms with Gasteiger partial charge in [-0.2, -0.15) is 0 Å². The first-order valence-corrected chi connectivity index (χ1v) is 12.0. The molecule has 1 aromatic carbocycles. The lowest BCUT2D eigenvalue weighted by Gasteiger charge is -2.49. The molecule has 0 aromatic heterocycles. The molecular formula is C18H16BrCl3N2O5S. The maximum atomic E-state index is 12.7. The predicted molar refractivity (Wildman–Crippen MR) is 119 cm³/mol. The number of nitrogens with zero attached hydrogens (tertiary/aromatic N) is 1. The molecule has 7 nitrogen and oxygen atoms in total. The molecule has 2 amide bonds. The largest absolute Gasteiger partial charge is 0.484 e. The van der Waals surface area contributed by atoms with Crippen molar-refractivity contribution >= 4 is 80.3 Å². The SMILES string of the molecule is O=C(COc1ccccc1)N[C@@H]1C(=O)N2C(C(=O)OCC(Cl)(Cl)Cl)=C(CBr)CS[C@@H]12. The van der Waals surface area contributed by atoms with Gasteiger partial charge in [-0.15, -0.1) is 11.8 Å². The zero-order chi connectivity index (χ0) is 21.9. The fraction of sp³-hybridized carbons (Fsp3) is 0.389. The van der Waals surface area contributed by atoms with Crippen molar-refractivity contribution in [3.05, 3.63) is 41.6 Å². The van der Waals surface area contributed by atoms with E-state index in [-0.39, 0.29) is 12.3 Å². The Hall–Kier alpha value is -1.13. The Morgan fingerprint density at radius 2 is 1.97 bits per heavy atom. The molecule has 30 heavy (non-hydrogen) atoms. The minimum atomic E-state index is -1.76. The van der Waals surface area contributed by atoms with E-state index in [1.165, 1.54) is 16.7 Å². The van der Waals surface area contributed by atoms with Crippen molar-refractivity contribution in [2.24, 2.45) is 0 Å². The summed E-state index contributed by atoms with van der Waals surface area (Å²) < 4.78 is 8.69. The van der Waals surface area contributed by atoms with Crippen LogP contribution < -0.4 is 10.1 Å². The summed E-state index contributed by atoms with van der Waals surface area (Å²) in [6, 6.07) is 8.09. The molecule has 1 saturated heterocycles. The number of para-hydroxylation sites is 1. The molecule has 2 atom stereocenters. The molecular weight excluding hydrogens is 543 g/mol. The third-order valence-corrected chi connectivity index (χ3v) is 6.54. The first kappa shape index (κ1) is 23.5. The number of carbonyl (C=O) groups is 3. The summed E-state index contributed by atoms with van der Waals surface area (Å²) in [5.74, 6) is -0.588. The monoisotopic (exact) mass is 556 g/mol. The first-order valence-electron chi connectivity index (χ1n) is 8.65. The number of alkyl halides is 4. The summed E-state index contributed by atoms with van der Waals surface area (Å²) in [5, 5.41) is 2.60. The van der Waals surface area contributed by atoms with Gasteiger partial charge < -0.3 is 14.8 Å². The number of carbonyl (C=O) groups excluding carboxylic acids is 3. The van der Waals surface area contributed by atoms with Crippen LogP contribution in [0.2, 0.25) is 0 Å². The highest BCUT2D eigenvalue weighted by molar-refractivity contribution is 9.09. The van der Waals surface area contributed by atoms with Crippen LogP contribution in [0.5, 0.6) is 5.75 Å². The average molecular weight is 559 g/mol. The highest BCUT2D eigenvalue weighted by atomic mass is 79.9. The Morgan fingerprint density at radius 3 is 2.60 bits per heavy atom. The Morgan fingerprint density at radius 1 is 1.27 bits per heavy atom. The third-order valence-electron chi connectivity index (χ3n) is 4.20. The van der Waals surface area contributed by atoms with Crippen molar-refractivity contribution in [1.29, 1.82) is 0 Å². The highest BCUT2D eigenvalue weighted by Crippen LogP contribution is 2.41. The highest BCUT2D eigenvalue weighted by Gasteiger charge is 2.54. The number of thioether (sulfide) groups is 1. The van der Waals surface area contributed by atoms with Crippen molar-refractivity contribution in [2.75, 3.05) is 24.3 Å². The number of hydrogen-bond donors (Lipinski definition) is 1. The molecule has 0 unspecified atom stereocenters. The average Bonchev–Trinajstić information content (AvgIpc) is 2.73.